The van der Waals surface area contributed by atoms with Gasteiger partial charge >= 0.3 is 0 Å². The van der Waals surface area contributed by atoms with Crippen molar-refractivity contribution in [1.82, 2.24) is 9.88 Å². The summed E-state index contributed by atoms with van der Waals surface area (Å²) in [4.78, 5) is 7.15. The Morgan fingerprint density at radius 2 is 1.91 bits per heavy atom. The number of ether oxygens (including phenoxy) is 1. The number of pyridine rings is 1. The largest absolute Gasteiger partial charge is 0.497 e. The second-order valence-corrected chi connectivity index (χ2v) is 9.41. The monoisotopic (exact) mass is 450 g/mol. The van der Waals surface area contributed by atoms with Crippen molar-refractivity contribution in [2.75, 3.05) is 32.6 Å². The molecule has 0 amide bonds. The molecule has 32 heavy (non-hydrogen) atoms. The van der Waals surface area contributed by atoms with Gasteiger partial charge in [-0.2, -0.15) is 0 Å². The maximum atomic E-state index is 6.43. The van der Waals surface area contributed by atoms with Crippen LogP contribution in [0.1, 0.15) is 36.8 Å². The van der Waals surface area contributed by atoms with E-state index in [0.717, 1.165) is 42.5 Å². The molecule has 1 aliphatic heterocycles. The Morgan fingerprint density at radius 3 is 2.72 bits per heavy atom. The van der Waals surface area contributed by atoms with E-state index in [1.54, 1.807) is 7.11 Å². The van der Waals surface area contributed by atoms with Gasteiger partial charge in [-0.05, 0) is 98.8 Å². The first-order valence-electron chi connectivity index (χ1n) is 12.0. The quantitative estimate of drug-likeness (QED) is 0.335. The van der Waals surface area contributed by atoms with Gasteiger partial charge in [-0.3, -0.25) is 4.98 Å². The second kappa shape index (κ2) is 11.7. The molecule has 2 atom stereocenters. The number of aromatic nitrogens is 1. The van der Waals surface area contributed by atoms with Crippen molar-refractivity contribution in [3.63, 3.8) is 0 Å². The second-order valence-electron chi connectivity index (χ2n) is 9.10. The first-order valence-corrected chi connectivity index (χ1v) is 12.5. The third-order valence-corrected chi connectivity index (χ3v) is 7.41. The highest BCUT2D eigenvalue weighted by Crippen LogP contribution is 2.30. The minimum Gasteiger partial charge on any atom is -0.497 e. The molecule has 1 fully saturated rings. The predicted octanol–water partition coefficient (Wildman–Crippen LogP) is 6.38. The molecule has 0 unspecified atom stereocenters. The molecule has 1 aliphatic rings. The van der Waals surface area contributed by atoms with Crippen LogP contribution in [0, 0.1) is 11.8 Å². The number of alkyl halides is 1. The van der Waals surface area contributed by atoms with Crippen LogP contribution in [0.2, 0.25) is 0 Å². The zero-order chi connectivity index (χ0) is 22.2. The third-order valence-electron chi connectivity index (χ3n) is 7.02. The molecule has 0 spiro atoms. The van der Waals surface area contributed by atoms with Gasteiger partial charge in [-0.25, -0.2) is 0 Å². The molecular weight excluding hydrogens is 416 g/mol. The Kier molecular flexibility index (Phi) is 8.42. The summed E-state index contributed by atoms with van der Waals surface area (Å²) in [6.45, 7) is 3.54. The van der Waals surface area contributed by atoms with E-state index in [0.29, 0.717) is 5.92 Å². The summed E-state index contributed by atoms with van der Waals surface area (Å²) in [6, 6.07) is 19.1. The van der Waals surface area contributed by atoms with Gasteiger partial charge in [0.15, 0.2) is 0 Å². The number of hydrogen-bond donors (Lipinski definition) is 0. The summed E-state index contributed by atoms with van der Waals surface area (Å²) in [6.07, 6.45) is 9.12. The van der Waals surface area contributed by atoms with E-state index in [1.807, 2.05) is 12.3 Å². The van der Waals surface area contributed by atoms with Crippen LogP contribution in [0.15, 0.2) is 60.8 Å². The molecule has 3 aromatic rings. The molecule has 1 aromatic heterocycles. The summed E-state index contributed by atoms with van der Waals surface area (Å²) in [5, 5.41) is 1.22. The number of nitrogens with zero attached hydrogens (tertiary/aromatic N) is 2. The van der Waals surface area contributed by atoms with Crippen LogP contribution >= 0.6 is 11.6 Å². The van der Waals surface area contributed by atoms with Crippen molar-refractivity contribution >= 4 is 22.5 Å². The maximum Gasteiger partial charge on any atom is 0.119 e. The standard InChI is InChI=1S/C28H35ClN2O/c1-32-26-12-13-28-27(19-26)24(14-16-30-28)11-5-10-23-15-18-31(21-25(23)20-29)17-6-9-22-7-3-2-4-8-22/h2-4,7-8,12-14,16,19,23,25H,5-6,9-11,15,17-18,20-21H2,1H3/t23-,25+/m1/s1. The average molecular weight is 451 g/mol. The zero-order valence-corrected chi connectivity index (χ0v) is 19.9. The number of fused-ring (bicyclic) bond motifs is 1. The summed E-state index contributed by atoms with van der Waals surface area (Å²) >= 11 is 6.43. The number of piperidine rings is 1. The summed E-state index contributed by atoms with van der Waals surface area (Å²) < 4.78 is 5.42. The van der Waals surface area contributed by atoms with Crippen LogP contribution in [0.3, 0.4) is 0 Å². The molecule has 0 bridgehead atoms. The molecule has 0 saturated carbocycles. The fourth-order valence-corrected chi connectivity index (χ4v) is 5.50. The molecule has 170 valence electrons. The number of halogens is 1. The molecule has 2 heterocycles. The SMILES string of the molecule is COc1ccc2nccc(CCC[C@@H]3CCN(CCCc4ccccc4)C[C@@H]3CCl)c2c1. The van der Waals surface area contributed by atoms with Gasteiger partial charge in [0.25, 0.3) is 0 Å². The lowest BCUT2D eigenvalue weighted by atomic mass is 9.82. The molecular formula is C28H35ClN2O. The van der Waals surface area contributed by atoms with Gasteiger partial charge in [-0.1, -0.05) is 30.3 Å². The molecule has 0 aliphatic carbocycles. The highest BCUT2D eigenvalue weighted by molar-refractivity contribution is 6.18. The van der Waals surface area contributed by atoms with E-state index in [9.17, 15) is 0 Å². The molecule has 4 heteroatoms. The molecule has 0 N–H and O–H groups in total. The first-order chi connectivity index (χ1) is 15.8. The highest BCUT2D eigenvalue weighted by atomic mass is 35.5. The minimum atomic E-state index is 0.608. The topological polar surface area (TPSA) is 25.4 Å². The Labute approximate surface area is 197 Å². The van der Waals surface area contributed by atoms with Gasteiger partial charge in [0.1, 0.15) is 5.75 Å². The number of methoxy groups -OCH3 is 1. The fraction of sp³-hybridized carbons (Fsp3) is 0.464. The van der Waals surface area contributed by atoms with Crippen LogP contribution in [-0.4, -0.2) is 42.5 Å². The number of likely N-dealkylation sites (tertiary alicyclic amines) is 1. The summed E-state index contributed by atoms with van der Waals surface area (Å²) in [5.74, 6) is 3.01. The van der Waals surface area contributed by atoms with Gasteiger partial charge < -0.3 is 9.64 Å². The fourth-order valence-electron chi connectivity index (χ4n) is 5.15. The Bertz CT molecular complexity index is 978. The third kappa shape index (κ3) is 6.02. The minimum absolute atomic E-state index is 0.608. The van der Waals surface area contributed by atoms with Crippen molar-refractivity contribution in [2.45, 2.75) is 38.5 Å². The van der Waals surface area contributed by atoms with Gasteiger partial charge in [0.2, 0.25) is 0 Å². The van der Waals surface area contributed by atoms with E-state index < -0.39 is 0 Å². The summed E-state index contributed by atoms with van der Waals surface area (Å²) in [7, 11) is 1.72. The lowest BCUT2D eigenvalue weighted by molar-refractivity contribution is 0.123. The number of hydrogen-bond acceptors (Lipinski definition) is 3. The molecule has 2 aromatic carbocycles. The van der Waals surface area contributed by atoms with Gasteiger partial charge in [0, 0.05) is 24.0 Å². The Hall–Kier alpha value is -2.10. The van der Waals surface area contributed by atoms with Gasteiger partial charge in [0.05, 0.1) is 12.6 Å². The van der Waals surface area contributed by atoms with E-state index in [4.69, 9.17) is 16.3 Å². The van der Waals surface area contributed by atoms with Crippen LogP contribution < -0.4 is 4.74 Å². The molecule has 4 rings (SSSR count). The lowest BCUT2D eigenvalue weighted by Gasteiger charge is -2.38. The predicted molar refractivity (Wildman–Crippen MR) is 135 cm³/mol. The van der Waals surface area contributed by atoms with Crippen LogP contribution in [0.25, 0.3) is 10.9 Å². The van der Waals surface area contributed by atoms with Crippen molar-refractivity contribution in [2.24, 2.45) is 11.8 Å². The first kappa shape index (κ1) is 23.1. The molecule has 3 nitrogen and oxygen atoms in total. The van der Waals surface area contributed by atoms with E-state index in [2.05, 4.69) is 58.4 Å². The molecule has 0 radical (unpaired) electrons. The lowest BCUT2D eigenvalue weighted by Crippen LogP contribution is -2.41. The normalized spacial score (nSPS) is 19.3. The van der Waals surface area contributed by atoms with Crippen molar-refractivity contribution in [3.05, 3.63) is 71.9 Å². The van der Waals surface area contributed by atoms with Crippen molar-refractivity contribution in [3.8, 4) is 5.75 Å². The highest BCUT2D eigenvalue weighted by Gasteiger charge is 2.28. The number of aryl methyl sites for hydroxylation is 2. The van der Waals surface area contributed by atoms with Gasteiger partial charge in [-0.15, -0.1) is 11.6 Å². The molecule has 1 saturated heterocycles. The van der Waals surface area contributed by atoms with Crippen LogP contribution in [0.5, 0.6) is 5.75 Å². The van der Waals surface area contributed by atoms with Crippen molar-refractivity contribution < 1.29 is 4.74 Å². The smallest absolute Gasteiger partial charge is 0.119 e. The Balaban J connectivity index is 1.26. The van der Waals surface area contributed by atoms with Crippen LogP contribution in [0.4, 0.5) is 0 Å². The van der Waals surface area contributed by atoms with Crippen LogP contribution in [-0.2, 0) is 12.8 Å². The van der Waals surface area contributed by atoms with E-state index in [-0.39, 0.29) is 0 Å². The van der Waals surface area contributed by atoms with E-state index >= 15 is 0 Å². The maximum absolute atomic E-state index is 6.43. The zero-order valence-electron chi connectivity index (χ0n) is 19.2. The number of rotatable bonds is 10. The van der Waals surface area contributed by atoms with Crippen molar-refractivity contribution in [1.29, 1.82) is 0 Å². The number of benzene rings is 2. The van der Waals surface area contributed by atoms with E-state index in [1.165, 1.54) is 55.3 Å². The summed E-state index contributed by atoms with van der Waals surface area (Å²) in [5.41, 5.74) is 3.86. The average Bonchev–Trinajstić information content (AvgIpc) is 2.85. The Morgan fingerprint density at radius 1 is 1.03 bits per heavy atom.